The molecule has 142 valence electrons. The SMILES string of the molecule is CC1(N)CCCCC1C(=O)Nc1ccccc1CN1C(=O)CCC1=O.Cl. The third-order valence-electron chi connectivity index (χ3n) is 5.33. The first-order chi connectivity index (χ1) is 11.9. The Morgan fingerprint density at radius 2 is 1.88 bits per heavy atom. The van der Waals surface area contributed by atoms with Gasteiger partial charge >= 0.3 is 0 Å². The summed E-state index contributed by atoms with van der Waals surface area (Å²) >= 11 is 0. The molecular weight excluding hydrogens is 354 g/mol. The molecule has 0 spiro atoms. The zero-order valence-corrected chi connectivity index (χ0v) is 15.8. The molecule has 0 aromatic heterocycles. The lowest BCUT2D eigenvalue weighted by Crippen LogP contribution is -2.51. The van der Waals surface area contributed by atoms with Crippen LogP contribution in [0.4, 0.5) is 5.69 Å². The summed E-state index contributed by atoms with van der Waals surface area (Å²) in [6.45, 7) is 2.13. The van der Waals surface area contributed by atoms with Gasteiger partial charge in [0.15, 0.2) is 0 Å². The van der Waals surface area contributed by atoms with Crippen LogP contribution in [-0.2, 0) is 20.9 Å². The zero-order valence-electron chi connectivity index (χ0n) is 15.0. The minimum Gasteiger partial charge on any atom is -0.325 e. The van der Waals surface area contributed by atoms with Crippen molar-refractivity contribution < 1.29 is 14.4 Å². The Morgan fingerprint density at radius 3 is 2.54 bits per heavy atom. The minimum absolute atomic E-state index is 0. The molecule has 26 heavy (non-hydrogen) atoms. The van der Waals surface area contributed by atoms with E-state index in [-0.39, 0.29) is 55.4 Å². The van der Waals surface area contributed by atoms with E-state index in [9.17, 15) is 14.4 Å². The fourth-order valence-corrected chi connectivity index (χ4v) is 3.76. The highest BCUT2D eigenvalue weighted by molar-refractivity contribution is 6.02. The second-order valence-corrected chi connectivity index (χ2v) is 7.32. The Morgan fingerprint density at radius 1 is 1.23 bits per heavy atom. The first kappa shape index (κ1) is 20.4. The van der Waals surface area contributed by atoms with Crippen LogP contribution in [-0.4, -0.2) is 28.2 Å². The number of para-hydroxylation sites is 1. The molecule has 0 radical (unpaired) electrons. The van der Waals surface area contributed by atoms with Gasteiger partial charge in [-0.1, -0.05) is 31.0 Å². The van der Waals surface area contributed by atoms with Crippen LogP contribution in [0.3, 0.4) is 0 Å². The summed E-state index contributed by atoms with van der Waals surface area (Å²) in [5, 5.41) is 2.97. The fraction of sp³-hybridized carbons (Fsp3) is 0.526. The molecule has 1 saturated carbocycles. The zero-order chi connectivity index (χ0) is 18.0. The first-order valence-corrected chi connectivity index (χ1v) is 8.89. The van der Waals surface area contributed by atoms with Crippen LogP contribution in [0.15, 0.2) is 24.3 Å². The number of carbonyl (C=O) groups is 3. The van der Waals surface area contributed by atoms with Crippen LogP contribution in [0.1, 0.15) is 51.0 Å². The average molecular weight is 380 g/mol. The van der Waals surface area contributed by atoms with E-state index in [4.69, 9.17) is 5.73 Å². The summed E-state index contributed by atoms with van der Waals surface area (Å²) in [6.07, 6.45) is 4.20. The lowest BCUT2D eigenvalue weighted by molar-refractivity contribution is -0.139. The van der Waals surface area contributed by atoms with Crippen molar-refractivity contribution in [3.05, 3.63) is 29.8 Å². The summed E-state index contributed by atoms with van der Waals surface area (Å²) in [5.74, 6) is -0.638. The van der Waals surface area contributed by atoms with E-state index in [2.05, 4.69) is 5.32 Å². The van der Waals surface area contributed by atoms with Gasteiger partial charge in [0.1, 0.15) is 0 Å². The van der Waals surface area contributed by atoms with E-state index < -0.39 is 5.54 Å². The Bertz CT molecular complexity index is 689. The van der Waals surface area contributed by atoms with Crippen molar-refractivity contribution in [2.24, 2.45) is 11.7 Å². The van der Waals surface area contributed by atoms with Gasteiger partial charge in [0.2, 0.25) is 17.7 Å². The van der Waals surface area contributed by atoms with Crippen molar-refractivity contribution in [3.8, 4) is 0 Å². The third-order valence-corrected chi connectivity index (χ3v) is 5.33. The number of amides is 3. The number of nitrogens with one attached hydrogen (secondary N) is 1. The minimum atomic E-state index is -0.502. The molecule has 0 bridgehead atoms. The number of anilines is 1. The lowest BCUT2D eigenvalue weighted by atomic mass is 9.74. The first-order valence-electron chi connectivity index (χ1n) is 8.89. The number of carbonyl (C=O) groups excluding carboxylic acids is 3. The van der Waals surface area contributed by atoms with Crippen LogP contribution >= 0.6 is 12.4 Å². The van der Waals surface area contributed by atoms with Crippen molar-refractivity contribution >= 4 is 35.8 Å². The molecule has 1 aliphatic carbocycles. The standard InChI is InChI=1S/C19H25N3O3.ClH/c1-19(20)11-5-4-7-14(19)18(25)21-15-8-3-2-6-13(15)12-22-16(23)9-10-17(22)24;/h2-3,6,8,14H,4-5,7,9-12,20H2,1H3,(H,21,25);1H. The summed E-state index contributed by atoms with van der Waals surface area (Å²) < 4.78 is 0. The van der Waals surface area contributed by atoms with Gasteiger partial charge < -0.3 is 11.1 Å². The van der Waals surface area contributed by atoms with E-state index in [1.54, 1.807) is 6.07 Å². The molecule has 7 heteroatoms. The van der Waals surface area contributed by atoms with E-state index in [1.165, 1.54) is 4.90 Å². The van der Waals surface area contributed by atoms with Crippen molar-refractivity contribution in [1.29, 1.82) is 0 Å². The number of imide groups is 1. The number of likely N-dealkylation sites (tertiary alicyclic amines) is 1. The quantitative estimate of drug-likeness (QED) is 0.786. The smallest absolute Gasteiger partial charge is 0.229 e. The highest BCUT2D eigenvalue weighted by Crippen LogP contribution is 2.33. The number of rotatable bonds is 4. The average Bonchev–Trinajstić information content (AvgIpc) is 2.88. The van der Waals surface area contributed by atoms with Gasteiger partial charge in [-0.15, -0.1) is 12.4 Å². The summed E-state index contributed by atoms with van der Waals surface area (Å²) in [7, 11) is 0. The Hall–Kier alpha value is -1.92. The Balaban J connectivity index is 0.00000243. The predicted octanol–water partition coefficient (Wildman–Crippen LogP) is 2.60. The normalized spacial score (nSPS) is 25.8. The van der Waals surface area contributed by atoms with Crippen molar-refractivity contribution in [2.75, 3.05) is 5.32 Å². The summed E-state index contributed by atoms with van der Waals surface area (Å²) in [4.78, 5) is 37.7. The highest BCUT2D eigenvalue weighted by atomic mass is 35.5. The number of benzene rings is 1. The van der Waals surface area contributed by atoms with E-state index in [0.717, 1.165) is 31.2 Å². The molecular formula is C19H26ClN3O3. The van der Waals surface area contributed by atoms with Crippen LogP contribution in [0.5, 0.6) is 0 Å². The van der Waals surface area contributed by atoms with Crippen LogP contribution in [0.25, 0.3) is 0 Å². The van der Waals surface area contributed by atoms with E-state index in [0.29, 0.717) is 5.69 Å². The van der Waals surface area contributed by atoms with Gasteiger partial charge in [-0.25, -0.2) is 0 Å². The van der Waals surface area contributed by atoms with Crippen LogP contribution in [0.2, 0.25) is 0 Å². The van der Waals surface area contributed by atoms with E-state index in [1.807, 2.05) is 25.1 Å². The van der Waals surface area contributed by atoms with Gasteiger partial charge in [-0.2, -0.15) is 0 Å². The van der Waals surface area contributed by atoms with Gasteiger partial charge in [0.05, 0.1) is 12.5 Å². The van der Waals surface area contributed by atoms with Crippen molar-refractivity contribution in [2.45, 2.75) is 57.5 Å². The number of halogens is 1. The predicted molar refractivity (Wildman–Crippen MR) is 102 cm³/mol. The molecule has 3 N–H and O–H groups in total. The van der Waals surface area contributed by atoms with Gasteiger partial charge in [0.25, 0.3) is 0 Å². The van der Waals surface area contributed by atoms with Crippen LogP contribution in [0, 0.1) is 5.92 Å². The monoisotopic (exact) mass is 379 g/mol. The maximum absolute atomic E-state index is 12.8. The molecule has 6 nitrogen and oxygen atoms in total. The number of hydrogen-bond acceptors (Lipinski definition) is 4. The Kier molecular flexibility index (Phi) is 6.42. The van der Waals surface area contributed by atoms with Crippen LogP contribution < -0.4 is 11.1 Å². The van der Waals surface area contributed by atoms with Crippen molar-refractivity contribution in [3.63, 3.8) is 0 Å². The summed E-state index contributed by atoms with van der Waals surface area (Å²) in [6, 6.07) is 7.30. The molecule has 1 aliphatic heterocycles. The molecule has 1 aromatic rings. The highest BCUT2D eigenvalue weighted by Gasteiger charge is 2.38. The molecule has 2 unspecified atom stereocenters. The largest absolute Gasteiger partial charge is 0.325 e. The number of nitrogens with two attached hydrogens (primary N) is 1. The molecule has 2 fully saturated rings. The molecule has 2 aliphatic rings. The second-order valence-electron chi connectivity index (χ2n) is 7.32. The molecule has 3 rings (SSSR count). The van der Waals surface area contributed by atoms with E-state index >= 15 is 0 Å². The van der Waals surface area contributed by atoms with Gasteiger partial charge in [-0.05, 0) is 31.4 Å². The lowest BCUT2D eigenvalue weighted by Gasteiger charge is -2.37. The molecule has 1 heterocycles. The maximum atomic E-state index is 12.8. The molecule has 1 saturated heterocycles. The third kappa shape index (κ3) is 4.24. The molecule has 1 aromatic carbocycles. The summed E-state index contributed by atoms with van der Waals surface area (Å²) in [5.41, 5.74) is 7.22. The Labute approximate surface area is 159 Å². The van der Waals surface area contributed by atoms with Gasteiger partial charge in [0, 0.05) is 24.1 Å². The van der Waals surface area contributed by atoms with Gasteiger partial charge in [-0.3, -0.25) is 19.3 Å². The molecule has 2 atom stereocenters. The maximum Gasteiger partial charge on any atom is 0.229 e. The number of nitrogens with zero attached hydrogens (tertiary/aromatic N) is 1. The number of hydrogen-bond donors (Lipinski definition) is 2. The topological polar surface area (TPSA) is 92.5 Å². The fourth-order valence-electron chi connectivity index (χ4n) is 3.76. The molecule has 3 amide bonds. The second kappa shape index (κ2) is 8.18. The van der Waals surface area contributed by atoms with Crippen molar-refractivity contribution in [1.82, 2.24) is 4.90 Å².